The predicted molar refractivity (Wildman–Crippen MR) is 93.5 cm³/mol. The van der Waals surface area contributed by atoms with E-state index in [9.17, 15) is 27.9 Å². The Bertz CT molecular complexity index is 1150. The molecule has 28 heavy (non-hydrogen) atoms. The first-order valence-electron chi connectivity index (χ1n) is 8.06. The van der Waals surface area contributed by atoms with Crippen molar-refractivity contribution in [1.82, 2.24) is 19.3 Å². The third-order valence-electron chi connectivity index (χ3n) is 4.44. The molecule has 0 unspecified atom stereocenters. The molecule has 10 heteroatoms. The van der Waals surface area contributed by atoms with E-state index in [1.54, 1.807) is 18.5 Å². The summed E-state index contributed by atoms with van der Waals surface area (Å²) in [6.45, 7) is 3.19. The molecule has 0 amide bonds. The second-order valence-corrected chi connectivity index (χ2v) is 6.18. The van der Waals surface area contributed by atoms with Gasteiger partial charge in [0, 0.05) is 24.0 Å². The number of aryl methyl sites for hydroxylation is 1. The summed E-state index contributed by atoms with van der Waals surface area (Å²) in [6, 6.07) is 5.29. The monoisotopic (exact) mass is 392 g/mol. The Morgan fingerprint density at radius 3 is 2.36 bits per heavy atom. The van der Waals surface area contributed by atoms with Crippen molar-refractivity contribution < 1.29 is 23.1 Å². The van der Waals surface area contributed by atoms with Crippen LogP contribution >= 0.6 is 0 Å². The summed E-state index contributed by atoms with van der Waals surface area (Å²) in [5, 5.41) is 17.3. The molecular weight excluding hydrogens is 377 g/mol. The number of benzene rings is 1. The molecule has 2 heterocycles. The third-order valence-corrected chi connectivity index (χ3v) is 4.44. The van der Waals surface area contributed by atoms with E-state index in [0.29, 0.717) is 11.6 Å². The van der Waals surface area contributed by atoms with E-state index < -0.39 is 28.8 Å². The highest BCUT2D eigenvalue weighted by Gasteiger charge is 2.31. The molecule has 0 spiro atoms. The first-order valence-corrected chi connectivity index (χ1v) is 8.06. The van der Waals surface area contributed by atoms with Gasteiger partial charge in [0.15, 0.2) is 5.82 Å². The van der Waals surface area contributed by atoms with Crippen LogP contribution in [0.25, 0.3) is 17.1 Å². The Kier molecular flexibility index (Phi) is 4.58. The number of rotatable bonds is 3. The number of nitrogens with zero attached hydrogens (tertiary/aromatic N) is 4. The summed E-state index contributed by atoms with van der Waals surface area (Å²) in [5.74, 6) is -0.660. The molecule has 1 N–H and O–H groups in total. The van der Waals surface area contributed by atoms with Gasteiger partial charge in [-0.1, -0.05) is 6.07 Å². The van der Waals surface area contributed by atoms with Crippen LogP contribution in [0.3, 0.4) is 0 Å². The second kappa shape index (κ2) is 6.63. The summed E-state index contributed by atoms with van der Waals surface area (Å²) >= 11 is 0. The number of aromatic carboxylic acids is 1. The minimum Gasteiger partial charge on any atom is -0.477 e. The number of carboxylic acid groups (broad SMARTS) is 1. The number of alkyl halides is 3. The zero-order valence-electron chi connectivity index (χ0n) is 15.1. The second-order valence-electron chi connectivity index (χ2n) is 6.18. The fourth-order valence-electron chi connectivity index (χ4n) is 2.86. The zero-order valence-corrected chi connectivity index (χ0v) is 15.1. The Labute approximate surface area is 156 Å². The van der Waals surface area contributed by atoms with Gasteiger partial charge in [-0.2, -0.15) is 13.2 Å². The van der Waals surface area contributed by atoms with E-state index in [2.05, 4.69) is 10.2 Å². The highest BCUT2D eigenvalue weighted by atomic mass is 19.4. The lowest BCUT2D eigenvalue weighted by Crippen LogP contribution is -2.28. The number of aromatic nitrogens is 4. The molecule has 7 nitrogen and oxygen atoms in total. The largest absolute Gasteiger partial charge is 0.477 e. The van der Waals surface area contributed by atoms with Crippen molar-refractivity contribution in [2.24, 2.45) is 7.05 Å². The molecular formula is C18H15F3N4O3. The van der Waals surface area contributed by atoms with Crippen LogP contribution in [0.2, 0.25) is 0 Å². The Morgan fingerprint density at radius 2 is 1.82 bits per heavy atom. The SMILES string of the molecule is Cc1nnc(-c2cc(C(=O)O)c(=O)n(-c3cccc(C(F)(F)F)c3)c2C)n1C. The summed E-state index contributed by atoms with van der Waals surface area (Å²) in [4.78, 5) is 24.3. The fourth-order valence-corrected chi connectivity index (χ4v) is 2.86. The minimum atomic E-state index is -4.61. The van der Waals surface area contributed by atoms with E-state index in [0.717, 1.165) is 28.8 Å². The third kappa shape index (κ3) is 3.17. The van der Waals surface area contributed by atoms with Crippen LogP contribution in [0.4, 0.5) is 13.2 Å². The average molecular weight is 392 g/mol. The standard InChI is InChI=1S/C18H15F3N4O3/c1-9-13(15-23-22-10(2)24(15)3)8-14(17(27)28)16(26)25(9)12-6-4-5-11(7-12)18(19,20)21/h4-8H,1-3H3,(H,27,28). The molecule has 0 radical (unpaired) electrons. The van der Waals surface area contributed by atoms with Gasteiger partial charge in [-0.25, -0.2) is 4.79 Å². The van der Waals surface area contributed by atoms with Crippen molar-refractivity contribution in [2.75, 3.05) is 0 Å². The van der Waals surface area contributed by atoms with Gasteiger partial charge in [0.25, 0.3) is 5.56 Å². The van der Waals surface area contributed by atoms with Crippen LogP contribution in [0, 0.1) is 13.8 Å². The van der Waals surface area contributed by atoms with Gasteiger partial charge in [-0.15, -0.1) is 10.2 Å². The summed E-state index contributed by atoms with van der Waals surface area (Å²) < 4.78 is 41.8. The summed E-state index contributed by atoms with van der Waals surface area (Å²) in [7, 11) is 1.66. The number of carbonyl (C=O) groups is 1. The van der Waals surface area contributed by atoms with Gasteiger partial charge in [0.1, 0.15) is 11.4 Å². The first-order chi connectivity index (χ1) is 13.0. The Hall–Kier alpha value is -3.43. The maximum absolute atomic E-state index is 13.1. The van der Waals surface area contributed by atoms with E-state index in [1.165, 1.54) is 13.0 Å². The maximum atomic E-state index is 13.1. The summed E-state index contributed by atoms with van der Waals surface area (Å²) in [6.07, 6.45) is -4.61. The predicted octanol–water partition coefficient (Wildman–Crippen LogP) is 2.97. The molecule has 0 aliphatic rings. The average Bonchev–Trinajstić information content (AvgIpc) is 2.94. The zero-order chi connectivity index (χ0) is 20.8. The summed E-state index contributed by atoms with van der Waals surface area (Å²) in [5.41, 5.74) is -2.05. The van der Waals surface area contributed by atoms with Crippen molar-refractivity contribution in [2.45, 2.75) is 20.0 Å². The van der Waals surface area contributed by atoms with E-state index in [4.69, 9.17) is 0 Å². The van der Waals surface area contributed by atoms with Crippen LogP contribution in [0.5, 0.6) is 0 Å². The van der Waals surface area contributed by atoms with Crippen LogP contribution in [0.15, 0.2) is 35.1 Å². The number of carboxylic acids is 1. The van der Waals surface area contributed by atoms with Gasteiger partial charge >= 0.3 is 12.1 Å². The molecule has 0 saturated carbocycles. The Balaban J connectivity index is 2.38. The normalized spacial score (nSPS) is 11.6. The van der Waals surface area contributed by atoms with Crippen LogP contribution in [-0.2, 0) is 13.2 Å². The highest BCUT2D eigenvalue weighted by molar-refractivity contribution is 5.89. The van der Waals surface area contributed by atoms with E-state index in [-0.39, 0.29) is 16.9 Å². The molecule has 146 valence electrons. The molecule has 0 fully saturated rings. The quantitative estimate of drug-likeness (QED) is 0.740. The first kappa shape index (κ1) is 19.3. The topological polar surface area (TPSA) is 90.0 Å². The number of pyridine rings is 1. The molecule has 3 aromatic rings. The van der Waals surface area contributed by atoms with Crippen molar-refractivity contribution in [3.63, 3.8) is 0 Å². The molecule has 0 bridgehead atoms. The molecule has 1 aromatic carbocycles. The molecule has 0 saturated heterocycles. The van der Waals surface area contributed by atoms with E-state index >= 15 is 0 Å². The number of hydrogen-bond donors (Lipinski definition) is 1. The molecule has 0 atom stereocenters. The van der Waals surface area contributed by atoms with Crippen molar-refractivity contribution in [3.05, 3.63) is 63.3 Å². The van der Waals surface area contributed by atoms with Crippen LogP contribution < -0.4 is 5.56 Å². The van der Waals surface area contributed by atoms with Gasteiger partial charge in [0.05, 0.1) is 5.56 Å². The van der Waals surface area contributed by atoms with Gasteiger partial charge in [0.2, 0.25) is 0 Å². The molecule has 0 aliphatic carbocycles. The lowest BCUT2D eigenvalue weighted by atomic mass is 10.1. The lowest BCUT2D eigenvalue weighted by Gasteiger charge is -2.16. The smallest absolute Gasteiger partial charge is 0.416 e. The van der Waals surface area contributed by atoms with Gasteiger partial charge in [-0.3, -0.25) is 9.36 Å². The van der Waals surface area contributed by atoms with Crippen molar-refractivity contribution in [1.29, 1.82) is 0 Å². The number of halogens is 3. The van der Waals surface area contributed by atoms with Gasteiger partial charge in [-0.05, 0) is 38.1 Å². The van der Waals surface area contributed by atoms with Gasteiger partial charge < -0.3 is 9.67 Å². The fraction of sp³-hybridized carbons (Fsp3) is 0.222. The van der Waals surface area contributed by atoms with Crippen molar-refractivity contribution in [3.8, 4) is 17.1 Å². The lowest BCUT2D eigenvalue weighted by molar-refractivity contribution is -0.137. The maximum Gasteiger partial charge on any atom is 0.416 e. The minimum absolute atomic E-state index is 0.0967. The Morgan fingerprint density at radius 1 is 1.14 bits per heavy atom. The molecule has 2 aromatic heterocycles. The highest BCUT2D eigenvalue weighted by Crippen LogP contribution is 2.31. The number of hydrogen-bond acceptors (Lipinski definition) is 4. The molecule has 3 rings (SSSR count). The van der Waals surface area contributed by atoms with Crippen LogP contribution in [-0.4, -0.2) is 30.4 Å². The molecule has 0 aliphatic heterocycles. The van der Waals surface area contributed by atoms with Crippen LogP contribution in [0.1, 0.15) is 27.4 Å². The van der Waals surface area contributed by atoms with E-state index in [1.807, 2.05) is 0 Å². The van der Waals surface area contributed by atoms with Crippen molar-refractivity contribution >= 4 is 5.97 Å².